The van der Waals surface area contributed by atoms with Gasteiger partial charge in [-0.2, -0.15) is 0 Å². The molecular formula is C21H24N6O3. The summed E-state index contributed by atoms with van der Waals surface area (Å²) in [6, 6.07) is 5.57. The standard InChI is InChI=1S/C21H24N6O3/c28-13-7-10-27(11-8-13)19-5-4-17-20(25-19)24-18(12-23-17)26-21(29,30)15-2-1-3-16-14(15)6-9-22-16/h2,4-6,9,12-13,22,28-30H,1,3,7-8,10-11H2,(H,24,25,26). The Morgan fingerprint density at radius 2 is 1.97 bits per heavy atom. The Hall–Kier alpha value is -3.01. The lowest BCUT2D eigenvalue weighted by Crippen LogP contribution is -2.40. The summed E-state index contributed by atoms with van der Waals surface area (Å²) in [6.07, 6.45) is 7.78. The summed E-state index contributed by atoms with van der Waals surface area (Å²) in [6.45, 7) is 1.46. The van der Waals surface area contributed by atoms with Crippen LogP contribution in [0.25, 0.3) is 16.7 Å². The van der Waals surface area contributed by atoms with Crippen LogP contribution in [0.5, 0.6) is 0 Å². The van der Waals surface area contributed by atoms with E-state index < -0.39 is 5.91 Å². The molecule has 0 amide bonds. The van der Waals surface area contributed by atoms with Crippen molar-refractivity contribution < 1.29 is 15.3 Å². The van der Waals surface area contributed by atoms with E-state index in [1.54, 1.807) is 6.20 Å². The summed E-state index contributed by atoms with van der Waals surface area (Å²) in [7, 11) is 0. The van der Waals surface area contributed by atoms with E-state index in [0.717, 1.165) is 36.6 Å². The molecular weight excluding hydrogens is 384 g/mol. The zero-order valence-electron chi connectivity index (χ0n) is 16.4. The monoisotopic (exact) mass is 408 g/mol. The molecule has 3 aromatic heterocycles. The summed E-state index contributed by atoms with van der Waals surface area (Å²) < 4.78 is 0. The molecule has 0 radical (unpaired) electrons. The number of rotatable bonds is 4. The lowest BCUT2D eigenvalue weighted by atomic mass is 9.94. The van der Waals surface area contributed by atoms with Crippen molar-refractivity contribution in [3.63, 3.8) is 0 Å². The number of nitrogens with zero attached hydrogens (tertiary/aromatic N) is 4. The highest BCUT2D eigenvalue weighted by molar-refractivity contribution is 5.77. The van der Waals surface area contributed by atoms with E-state index in [4.69, 9.17) is 0 Å². The molecule has 0 bridgehead atoms. The van der Waals surface area contributed by atoms with Gasteiger partial charge < -0.3 is 30.5 Å². The maximum atomic E-state index is 10.8. The number of H-pyrrole nitrogens is 1. The van der Waals surface area contributed by atoms with E-state index in [1.807, 2.05) is 24.3 Å². The van der Waals surface area contributed by atoms with Crippen LogP contribution in [0.3, 0.4) is 0 Å². The Labute approximate surface area is 173 Å². The minimum absolute atomic E-state index is 0.217. The molecule has 0 saturated carbocycles. The minimum Gasteiger partial charge on any atom is -0.393 e. The average Bonchev–Trinajstić information content (AvgIpc) is 3.22. The van der Waals surface area contributed by atoms with Gasteiger partial charge in [0.15, 0.2) is 11.5 Å². The Balaban J connectivity index is 1.41. The van der Waals surface area contributed by atoms with Gasteiger partial charge in [0, 0.05) is 36.1 Å². The fraction of sp³-hybridized carbons (Fsp3) is 0.381. The highest BCUT2D eigenvalue weighted by Crippen LogP contribution is 2.33. The number of aryl methyl sites for hydroxylation is 1. The fourth-order valence-corrected chi connectivity index (χ4v) is 4.13. The second-order valence-corrected chi connectivity index (χ2v) is 7.81. The van der Waals surface area contributed by atoms with E-state index in [0.29, 0.717) is 36.0 Å². The predicted octanol–water partition coefficient (Wildman–Crippen LogP) is 1.39. The van der Waals surface area contributed by atoms with Crippen molar-refractivity contribution in [1.82, 2.24) is 19.9 Å². The van der Waals surface area contributed by atoms with Crippen LogP contribution in [-0.2, 0) is 6.42 Å². The van der Waals surface area contributed by atoms with Gasteiger partial charge in [0.2, 0.25) is 0 Å². The minimum atomic E-state index is -2.29. The van der Waals surface area contributed by atoms with Crippen LogP contribution in [-0.4, -0.2) is 60.4 Å². The molecule has 2 aliphatic rings. The highest BCUT2D eigenvalue weighted by atomic mass is 16.5. The number of aliphatic hydroxyl groups excluding tert-OH is 1. The van der Waals surface area contributed by atoms with Crippen molar-refractivity contribution >= 4 is 28.4 Å². The Morgan fingerprint density at radius 3 is 2.80 bits per heavy atom. The van der Waals surface area contributed by atoms with Gasteiger partial charge in [0.1, 0.15) is 11.3 Å². The quantitative estimate of drug-likeness (QED) is 0.410. The molecule has 3 aromatic rings. The maximum Gasteiger partial charge on any atom is 0.274 e. The number of aromatic nitrogens is 4. The smallest absolute Gasteiger partial charge is 0.274 e. The Morgan fingerprint density at radius 1 is 1.13 bits per heavy atom. The third-order valence-corrected chi connectivity index (χ3v) is 5.72. The van der Waals surface area contributed by atoms with Crippen LogP contribution < -0.4 is 10.2 Å². The Kier molecular flexibility index (Phi) is 4.65. The normalized spacial score (nSPS) is 17.7. The molecule has 0 spiro atoms. The molecule has 9 heteroatoms. The van der Waals surface area contributed by atoms with Gasteiger partial charge in [-0.1, -0.05) is 6.08 Å². The third-order valence-electron chi connectivity index (χ3n) is 5.72. The maximum absolute atomic E-state index is 10.8. The number of hydrogen-bond acceptors (Lipinski definition) is 8. The lowest BCUT2D eigenvalue weighted by molar-refractivity contribution is -0.0827. The van der Waals surface area contributed by atoms with Crippen LogP contribution in [0.15, 0.2) is 36.7 Å². The molecule has 1 aliphatic carbocycles. The van der Waals surface area contributed by atoms with Gasteiger partial charge in [0.25, 0.3) is 5.91 Å². The predicted molar refractivity (Wildman–Crippen MR) is 113 cm³/mol. The first-order valence-corrected chi connectivity index (χ1v) is 10.2. The molecule has 30 heavy (non-hydrogen) atoms. The number of anilines is 2. The van der Waals surface area contributed by atoms with Crippen LogP contribution in [0.1, 0.15) is 30.5 Å². The summed E-state index contributed by atoms with van der Waals surface area (Å²) in [4.78, 5) is 18.7. The highest BCUT2D eigenvalue weighted by Gasteiger charge is 2.33. The molecule has 5 N–H and O–H groups in total. The van der Waals surface area contributed by atoms with E-state index in [-0.39, 0.29) is 11.9 Å². The van der Waals surface area contributed by atoms with Gasteiger partial charge in [-0.05, 0) is 43.9 Å². The van der Waals surface area contributed by atoms with Crippen molar-refractivity contribution in [2.75, 3.05) is 23.3 Å². The lowest BCUT2D eigenvalue weighted by Gasteiger charge is -2.30. The van der Waals surface area contributed by atoms with E-state index in [9.17, 15) is 15.3 Å². The molecule has 1 fully saturated rings. The van der Waals surface area contributed by atoms with Gasteiger partial charge >= 0.3 is 0 Å². The molecule has 1 aliphatic heterocycles. The van der Waals surface area contributed by atoms with Gasteiger partial charge in [-0.15, -0.1) is 0 Å². The summed E-state index contributed by atoms with van der Waals surface area (Å²) in [5.74, 6) is -1.30. The summed E-state index contributed by atoms with van der Waals surface area (Å²) in [5.41, 5.74) is 3.18. The topological polar surface area (TPSA) is 130 Å². The number of aromatic amines is 1. The average molecular weight is 408 g/mol. The number of pyridine rings is 1. The summed E-state index contributed by atoms with van der Waals surface area (Å²) in [5, 5.41) is 33.9. The number of allylic oxidation sites excluding steroid dienone is 1. The first-order chi connectivity index (χ1) is 14.5. The van der Waals surface area contributed by atoms with Crippen molar-refractivity contribution in [3.8, 4) is 0 Å². The van der Waals surface area contributed by atoms with Crippen molar-refractivity contribution in [2.24, 2.45) is 0 Å². The largest absolute Gasteiger partial charge is 0.393 e. The fourth-order valence-electron chi connectivity index (χ4n) is 4.13. The van der Waals surface area contributed by atoms with Gasteiger partial charge in [0.05, 0.1) is 12.3 Å². The Bertz CT molecular complexity index is 1100. The summed E-state index contributed by atoms with van der Waals surface area (Å²) >= 11 is 0. The number of piperidine rings is 1. The van der Waals surface area contributed by atoms with E-state index >= 15 is 0 Å². The second kappa shape index (κ2) is 7.35. The van der Waals surface area contributed by atoms with Crippen LogP contribution in [0.4, 0.5) is 11.6 Å². The number of hydrogen-bond donors (Lipinski definition) is 5. The molecule has 0 aromatic carbocycles. The zero-order valence-corrected chi connectivity index (χ0v) is 16.4. The molecule has 0 atom stereocenters. The molecule has 1 saturated heterocycles. The number of nitrogens with one attached hydrogen (secondary N) is 2. The van der Waals surface area contributed by atoms with Crippen LogP contribution in [0.2, 0.25) is 0 Å². The molecule has 156 valence electrons. The SMILES string of the molecule is OC1CCN(c2ccc3ncc(NC(O)(O)C4=CCCc5[nH]ccc54)nc3n2)CC1. The molecule has 4 heterocycles. The van der Waals surface area contributed by atoms with Gasteiger partial charge in [-0.25, -0.2) is 15.0 Å². The van der Waals surface area contributed by atoms with E-state index in [1.165, 1.54) is 6.20 Å². The van der Waals surface area contributed by atoms with Crippen LogP contribution in [0, 0.1) is 0 Å². The molecule has 5 rings (SSSR count). The van der Waals surface area contributed by atoms with Crippen molar-refractivity contribution in [2.45, 2.75) is 37.7 Å². The number of aliphatic hydroxyl groups is 3. The first-order valence-electron chi connectivity index (χ1n) is 10.2. The zero-order chi connectivity index (χ0) is 20.7. The van der Waals surface area contributed by atoms with Crippen molar-refractivity contribution in [3.05, 3.63) is 47.9 Å². The molecule has 9 nitrogen and oxygen atoms in total. The molecule has 0 unspecified atom stereocenters. The third kappa shape index (κ3) is 3.51. The van der Waals surface area contributed by atoms with Gasteiger partial charge in [-0.3, -0.25) is 0 Å². The van der Waals surface area contributed by atoms with Crippen molar-refractivity contribution in [1.29, 1.82) is 0 Å². The first kappa shape index (κ1) is 19.0. The number of fused-ring (bicyclic) bond motifs is 2. The second-order valence-electron chi connectivity index (χ2n) is 7.81. The van der Waals surface area contributed by atoms with Crippen LogP contribution >= 0.6 is 0 Å². The van der Waals surface area contributed by atoms with E-state index in [2.05, 4.69) is 30.2 Å².